The van der Waals surface area contributed by atoms with E-state index in [1.54, 1.807) is 30.3 Å². The molecule has 1 aromatic carbocycles. The van der Waals surface area contributed by atoms with Crippen molar-refractivity contribution >= 4 is 16.2 Å². The van der Waals surface area contributed by atoms with Crippen LogP contribution in [0.4, 0.5) is 13.2 Å². The fraction of sp³-hybridized carbons (Fsp3) is 0.417. The molecule has 10 heteroatoms. The Morgan fingerprint density at radius 1 is 1.32 bits per heavy atom. The van der Waals surface area contributed by atoms with Crippen LogP contribution in [0.15, 0.2) is 30.3 Å². The van der Waals surface area contributed by atoms with Crippen molar-refractivity contribution in [2.75, 3.05) is 13.1 Å². The molecule has 0 spiro atoms. The lowest BCUT2D eigenvalue weighted by Crippen LogP contribution is -2.63. The van der Waals surface area contributed by atoms with E-state index in [4.69, 9.17) is 0 Å². The summed E-state index contributed by atoms with van der Waals surface area (Å²) in [7, 11) is -4.51. The van der Waals surface area contributed by atoms with Crippen molar-refractivity contribution in [2.24, 2.45) is 0 Å². The topological polar surface area (TPSA) is 86.7 Å². The molecular weight excluding hydrogens is 325 g/mol. The summed E-state index contributed by atoms with van der Waals surface area (Å²) in [5.74, 6) is -2.00. The van der Waals surface area contributed by atoms with Crippen molar-refractivity contribution in [1.82, 2.24) is 9.03 Å². The number of hydrogen-bond donors (Lipinski definition) is 2. The van der Waals surface area contributed by atoms with Crippen LogP contribution in [0.5, 0.6) is 0 Å². The summed E-state index contributed by atoms with van der Waals surface area (Å²) in [5, 5.41) is 9.17. The molecule has 2 N–H and O–H groups in total. The summed E-state index contributed by atoms with van der Waals surface area (Å²) < 4.78 is 61.8. The van der Waals surface area contributed by atoms with E-state index in [-0.39, 0.29) is 6.54 Å². The first kappa shape index (κ1) is 16.7. The van der Waals surface area contributed by atoms with Crippen molar-refractivity contribution in [3.05, 3.63) is 35.9 Å². The molecule has 1 saturated heterocycles. The van der Waals surface area contributed by atoms with Gasteiger partial charge in [-0.15, -0.1) is 0 Å². The van der Waals surface area contributed by atoms with Crippen LogP contribution in [0, 0.1) is 0 Å². The maximum Gasteiger partial charge on any atom is 0.402 e. The highest BCUT2D eigenvalue weighted by Crippen LogP contribution is 2.36. The van der Waals surface area contributed by atoms with Gasteiger partial charge in [0.1, 0.15) is 12.6 Å². The van der Waals surface area contributed by atoms with Gasteiger partial charge in [-0.2, -0.15) is 30.6 Å². The van der Waals surface area contributed by atoms with Gasteiger partial charge in [0.25, 0.3) is 10.2 Å². The van der Waals surface area contributed by atoms with E-state index in [1.165, 1.54) is 4.72 Å². The van der Waals surface area contributed by atoms with Crippen molar-refractivity contribution < 1.29 is 31.5 Å². The zero-order chi connectivity index (χ0) is 16.5. The van der Waals surface area contributed by atoms with E-state index in [2.05, 4.69) is 0 Å². The predicted octanol–water partition coefficient (Wildman–Crippen LogP) is 0.936. The van der Waals surface area contributed by atoms with Gasteiger partial charge in [0.2, 0.25) is 0 Å². The second kappa shape index (κ2) is 5.86. The smallest absolute Gasteiger partial charge is 0.402 e. The van der Waals surface area contributed by atoms with Crippen LogP contribution in [0.3, 0.4) is 0 Å². The number of nitrogens with one attached hydrogen (secondary N) is 1. The van der Waals surface area contributed by atoms with Gasteiger partial charge >= 0.3 is 12.1 Å². The molecule has 1 aliphatic heterocycles. The number of alkyl halides is 3. The normalized spacial score (nSPS) is 23.0. The van der Waals surface area contributed by atoms with Crippen LogP contribution in [0.2, 0.25) is 0 Å². The Morgan fingerprint density at radius 2 is 1.91 bits per heavy atom. The average Bonchev–Trinajstić information content (AvgIpc) is 2.35. The second-order valence-electron chi connectivity index (χ2n) is 4.81. The van der Waals surface area contributed by atoms with Gasteiger partial charge in [-0.1, -0.05) is 30.3 Å². The quantitative estimate of drug-likeness (QED) is 0.836. The molecule has 0 radical (unpaired) electrons. The maximum atomic E-state index is 12.1. The van der Waals surface area contributed by atoms with Crippen LogP contribution in [0.25, 0.3) is 0 Å². The maximum absolute atomic E-state index is 12.1. The van der Waals surface area contributed by atoms with Gasteiger partial charge in [-0.05, 0) is 5.56 Å². The zero-order valence-electron chi connectivity index (χ0n) is 11.1. The highest BCUT2D eigenvalue weighted by molar-refractivity contribution is 7.87. The number of halogens is 3. The Morgan fingerprint density at radius 3 is 2.41 bits per heavy atom. The van der Waals surface area contributed by atoms with Gasteiger partial charge in [0.05, 0.1) is 0 Å². The molecule has 2 rings (SSSR count). The largest absolute Gasteiger partial charge is 0.480 e. The van der Waals surface area contributed by atoms with Crippen LogP contribution in [-0.4, -0.2) is 49.1 Å². The Labute approximate surface area is 124 Å². The van der Waals surface area contributed by atoms with Gasteiger partial charge in [-0.25, -0.2) is 0 Å². The van der Waals surface area contributed by atoms with E-state index in [0.717, 1.165) is 0 Å². The van der Waals surface area contributed by atoms with Gasteiger partial charge < -0.3 is 5.11 Å². The molecule has 1 fully saturated rings. The summed E-state index contributed by atoms with van der Waals surface area (Å²) in [5.41, 5.74) is 0.622. The molecule has 2 atom stereocenters. The highest BCUT2D eigenvalue weighted by atomic mass is 32.2. The second-order valence-corrected chi connectivity index (χ2v) is 6.52. The van der Waals surface area contributed by atoms with E-state index in [9.17, 15) is 31.5 Å². The van der Waals surface area contributed by atoms with Gasteiger partial charge in [0.15, 0.2) is 0 Å². The molecule has 1 heterocycles. The Bertz CT molecular complexity index is 648. The minimum absolute atomic E-state index is 0.186. The lowest BCUT2D eigenvalue weighted by molar-refractivity contribution is -0.146. The van der Waals surface area contributed by atoms with Crippen molar-refractivity contribution in [3.8, 4) is 0 Å². The number of carboxylic acid groups (broad SMARTS) is 1. The summed E-state index contributed by atoms with van der Waals surface area (Å²) in [4.78, 5) is 11.3. The molecule has 1 aromatic rings. The summed E-state index contributed by atoms with van der Waals surface area (Å²) in [6, 6.07) is 6.94. The van der Waals surface area contributed by atoms with E-state index in [0.29, 0.717) is 9.87 Å². The molecular formula is C12H13F3N2O4S. The summed E-state index contributed by atoms with van der Waals surface area (Å²) >= 11 is 0. The van der Waals surface area contributed by atoms with Gasteiger partial charge in [0, 0.05) is 12.5 Å². The van der Waals surface area contributed by atoms with Gasteiger partial charge in [-0.3, -0.25) is 4.79 Å². The Balaban J connectivity index is 2.15. The molecule has 0 unspecified atom stereocenters. The molecule has 122 valence electrons. The zero-order valence-corrected chi connectivity index (χ0v) is 11.9. The lowest BCUT2D eigenvalue weighted by atomic mass is 9.85. The molecule has 1 aliphatic rings. The first-order chi connectivity index (χ1) is 10.1. The van der Waals surface area contributed by atoms with Crippen LogP contribution < -0.4 is 4.72 Å². The van der Waals surface area contributed by atoms with Crippen LogP contribution >= 0.6 is 0 Å². The molecule has 0 aliphatic carbocycles. The van der Waals surface area contributed by atoms with Crippen LogP contribution in [-0.2, 0) is 15.0 Å². The third-order valence-electron chi connectivity index (χ3n) is 3.31. The number of aliphatic carboxylic acids is 1. The fourth-order valence-electron chi connectivity index (χ4n) is 2.26. The van der Waals surface area contributed by atoms with E-state index >= 15 is 0 Å². The Hall–Kier alpha value is -1.65. The third-order valence-corrected chi connectivity index (χ3v) is 4.82. The third kappa shape index (κ3) is 3.57. The number of carbonyl (C=O) groups is 1. The number of nitrogens with zero attached hydrogens (tertiary/aromatic N) is 1. The molecule has 0 aromatic heterocycles. The Kier molecular flexibility index (Phi) is 4.45. The molecule has 22 heavy (non-hydrogen) atoms. The number of hydrogen-bond acceptors (Lipinski definition) is 3. The van der Waals surface area contributed by atoms with Crippen molar-refractivity contribution in [3.63, 3.8) is 0 Å². The van der Waals surface area contributed by atoms with Crippen molar-refractivity contribution in [2.45, 2.75) is 18.1 Å². The van der Waals surface area contributed by atoms with E-state index in [1.807, 2.05) is 0 Å². The predicted molar refractivity (Wildman–Crippen MR) is 70.3 cm³/mol. The minimum Gasteiger partial charge on any atom is -0.480 e. The lowest BCUT2D eigenvalue weighted by Gasteiger charge is -2.44. The minimum atomic E-state index is -4.71. The number of benzene rings is 1. The number of carboxylic acids is 1. The van der Waals surface area contributed by atoms with Crippen LogP contribution in [0.1, 0.15) is 11.5 Å². The molecule has 0 amide bonds. The first-order valence-corrected chi connectivity index (χ1v) is 7.67. The molecule has 6 nitrogen and oxygen atoms in total. The van der Waals surface area contributed by atoms with E-state index < -0.39 is 40.9 Å². The highest BCUT2D eigenvalue weighted by Gasteiger charge is 2.51. The standard InChI is InChI=1S/C12H13F3N2O4S/c13-12(14,15)7-16-22(20,21)17-6-9(10(17)11(18)19)8-4-2-1-3-5-8/h1-5,9-10,16H,6-7H2,(H,18,19)/t9-,10+/m1/s1. The summed E-state index contributed by atoms with van der Waals surface area (Å²) in [6.07, 6.45) is -4.71. The molecule has 0 bridgehead atoms. The van der Waals surface area contributed by atoms with Crippen molar-refractivity contribution in [1.29, 1.82) is 0 Å². The number of rotatable bonds is 5. The average molecular weight is 338 g/mol. The first-order valence-electron chi connectivity index (χ1n) is 6.23. The summed E-state index contributed by atoms with van der Waals surface area (Å²) in [6.45, 7) is -1.93. The SMILES string of the molecule is O=C(O)[C@@H]1[C@@H](c2ccccc2)CN1S(=O)(=O)NCC(F)(F)F. The molecule has 0 saturated carbocycles. The monoisotopic (exact) mass is 338 g/mol. The fourth-order valence-corrected chi connectivity index (χ4v) is 3.66.